The number of ether oxygens (including phenoxy) is 1. The van der Waals surface area contributed by atoms with E-state index < -0.39 is 0 Å². The highest BCUT2D eigenvalue weighted by Gasteiger charge is 2.09. The zero-order valence-electron chi connectivity index (χ0n) is 13.7. The topological polar surface area (TPSA) is 64.3 Å². The van der Waals surface area contributed by atoms with E-state index >= 15 is 0 Å². The van der Waals surface area contributed by atoms with E-state index in [1.165, 1.54) is 0 Å². The smallest absolute Gasteiger partial charge is 0.224 e. The number of nitrogens with one attached hydrogen (secondary N) is 1. The Morgan fingerprint density at radius 3 is 2.62 bits per heavy atom. The van der Waals surface area contributed by atoms with Gasteiger partial charge in [0.05, 0.1) is 0 Å². The standard InChI is InChI=1S/C17H28N2O2/c1-13-12-14(18)7-8-15(13)19-16(20)6-5-10-21-11-9-17(2,3)4/h7-8,12H,5-6,9-11,18H2,1-4H3,(H,19,20). The molecular weight excluding hydrogens is 264 g/mol. The van der Waals surface area contributed by atoms with Crippen LogP contribution in [-0.4, -0.2) is 19.1 Å². The summed E-state index contributed by atoms with van der Waals surface area (Å²) in [6.07, 6.45) is 2.24. The van der Waals surface area contributed by atoms with Crippen LogP contribution in [-0.2, 0) is 9.53 Å². The third kappa shape index (κ3) is 7.71. The number of hydrogen-bond donors (Lipinski definition) is 2. The number of benzene rings is 1. The number of nitrogens with two attached hydrogens (primary N) is 1. The lowest BCUT2D eigenvalue weighted by molar-refractivity contribution is -0.116. The summed E-state index contributed by atoms with van der Waals surface area (Å²) in [4.78, 5) is 11.8. The van der Waals surface area contributed by atoms with Crippen LogP contribution in [0.5, 0.6) is 0 Å². The Hall–Kier alpha value is -1.55. The molecule has 1 amide bonds. The van der Waals surface area contributed by atoms with E-state index in [1.807, 2.05) is 19.1 Å². The summed E-state index contributed by atoms with van der Waals surface area (Å²) < 4.78 is 5.55. The summed E-state index contributed by atoms with van der Waals surface area (Å²) in [5.74, 6) is 0.0160. The second-order valence-electron chi connectivity index (χ2n) is 6.65. The molecule has 4 nitrogen and oxygen atoms in total. The Kier molecular flexibility index (Phi) is 6.69. The van der Waals surface area contributed by atoms with Crippen LogP contribution in [0, 0.1) is 12.3 Å². The molecule has 0 aliphatic rings. The minimum atomic E-state index is 0.0160. The molecular formula is C17H28N2O2. The van der Waals surface area contributed by atoms with E-state index in [1.54, 1.807) is 6.07 Å². The Morgan fingerprint density at radius 2 is 2.00 bits per heavy atom. The van der Waals surface area contributed by atoms with Gasteiger partial charge in [0.2, 0.25) is 5.91 Å². The average Bonchev–Trinajstić information content (AvgIpc) is 2.36. The highest BCUT2D eigenvalue weighted by molar-refractivity contribution is 5.91. The van der Waals surface area contributed by atoms with Crippen molar-refractivity contribution in [2.75, 3.05) is 24.3 Å². The molecule has 0 saturated heterocycles. The number of amides is 1. The fourth-order valence-corrected chi connectivity index (χ4v) is 1.86. The van der Waals surface area contributed by atoms with E-state index in [0.29, 0.717) is 24.1 Å². The van der Waals surface area contributed by atoms with Crippen LogP contribution in [0.25, 0.3) is 0 Å². The Bertz CT molecular complexity index is 464. The van der Waals surface area contributed by atoms with Crippen LogP contribution in [0.4, 0.5) is 11.4 Å². The first-order chi connectivity index (χ1) is 9.78. The van der Waals surface area contributed by atoms with Gasteiger partial charge in [-0.3, -0.25) is 4.79 Å². The lowest BCUT2D eigenvalue weighted by atomic mass is 9.93. The maximum atomic E-state index is 11.8. The number of rotatable bonds is 7. The largest absolute Gasteiger partial charge is 0.399 e. The third-order valence-electron chi connectivity index (χ3n) is 3.21. The Morgan fingerprint density at radius 1 is 1.29 bits per heavy atom. The molecule has 1 rings (SSSR count). The van der Waals surface area contributed by atoms with E-state index in [2.05, 4.69) is 26.1 Å². The van der Waals surface area contributed by atoms with Crippen LogP contribution in [0.2, 0.25) is 0 Å². The molecule has 0 fully saturated rings. The normalized spacial score (nSPS) is 11.4. The molecule has 4 heteroatoms. The second kappa shape index (κ2) is 8.03. The molecule has 0 spiro atoms. The van der Waals surface area contributed by atoms with Crippen molar-refractivity contribution in [1.29, 1.82) is 0 Å². The molecule has 0 unspecified atom stereocenters. The first-order valence-corrected chi connectivity index (χ1v) is 7.52. The van der Waals surface area contributed by atoms with Crippen LogP contribution in [0.15, 0.2) is 18.2 Å². The van der Waals surface area contributed by atoms with Crippen molar-refractivity contribution in [3.63, 3.8) is 0 Å². The van der Waals surface area contributed by atoms with Crippen LogP contribution in [0.1, 0.15) is 45.6 Å². The molecule has 1 aromatic carbocycles. The number of hydrogen-bond acceptors (Lipinski definition) is 3. The second-order valence-corrected chi connectivity index (χ2v) is 6.65. The SMILES string of the molecule is Cc1cc(N)ccc1NC(=O)CCCOCCC(C)(C)C. The number of carbonyl (C=O) groups excluding carboxylic acids is 1. The van der Waals surface area contributed by atoms with Gasteiger partial charge in [-0.15, -0.1) is 0 Å². The van der Waals surface area contributed by atoms with Crippen molar-refractivity contribution < 1.29 is 9.53 Å². The zero-order chi connectivity index (χ0) is 15.9. The fraction of sp³-hybridized carbons (Fsp3) is 0.588. The van der Waals surface area contributed by atoms with Crippen LogP contribution in [0.3, 0.4) is 0 Å². The molecule has 0 aromatic heterocycles. The average molecular weight is 292 g/mol. The predicted molar refractivity (Wildman–Crippen MR) is 88.3 cm³/mol. The Balaban J connectivity index is 2.20. The monoisotopic (exact) mass is 292 g/mol. The Labute approximate surface area is 128 Å². The molecule has 21 heavy (non-hydrogen) atoms. The van der Waals surface area contributed by atoms with Crippen molar-refractivity contribution in [2.45, 2.75) is 47.0 Å². The van der Waals surface area contributed by atoms with Gasteiger partial charge in [0.25, 0.3) is 0 Å². The first kappa shape index (κ1) is 17.5. The molecule has 0 saturated carbocycles. The van der Waals surface area contributed by atoms with Crippen molar-refractivity contribution >= 4 is 17.3 Å². The summed E-state index contributed by atoms with van der Waals surface area (Å²) in [7, 11) is 0. The molecule has 0 radical (unpaired) electrons. The molecule has 3 N–H and O–H groups in total. The minimum absolute atomic E-state index is 0.0160. The van der Waals surface area contributed by atoms with Crippen molar-refractivity contribution in [3.05, 3.63) is 23.8 Å². The summed E-state index contributed by atoms with van der Waals surface area (Å²) in [6, 6.07) is 5.48. The van der Waals surface area contributed by atoms with Gasteiger partial charge in [0, 0.05) is 31.0 Å². The minimum Gasteiger partial charge on any atom is -0.399 e. The molecule has 0 atom stereocenters. The first-order valence-electron chi connectivity index (χ1n) is 7.52. The molecule has 118 valence electrons. The molecule has 0 aliphatic carbocycles. The van der Waals surface area contributed by atoms with Crippen molar-refractivity contribution in [1.82, 2.24) is 0 Å². The summed E-state index contributed by atoms with van der Waals surface area (Å²) in [5.41, 5.74) is 8.49. The number of nitrogen functional groups attached to an aromatic ring is 1. The third-order valence-corrected chi connectivity index (χ3v) is 3.21. The van der Waals surface area contributed by atoms with E-state index in [0.717, 1.165) is 30.7 Å². The van der Waals surface area contributed by atoms with Gasteiger partial charge in [-0.25, -0.2) is 0 Å². The molecule has 0 aliphatic heterocycles. The molecule has 0 bridgehead atoms. The summed E-state index contributed by atoms with van der Waals surface area (Å²) >= 11 is 0. The lowest BCUT2D eigenvalue weighted by Gasteiger charge is -2.17. The van der Waals surface area contributed by atoms with Gasteiger partial charge < -0.3 is 15.8 Å². The highest BCUT2D eigenvalue weighted by Crippen LogP contribution is 2.19. The highest BCUT2D eigenvalue weighted by atomic mass is 16.5. The van der Waals surface area contributed by atoms with Gasteiger partial charge in [-0.2, -0.15) is 0 Å². The molecule has 1 aromatic rings. The van der Waals surface area contributed by atoms with Crippen molar-refractivity contribution in [2.24, 2.45) is 5.41 Å². The zero-order valence-corrected chi connectivity index (χ0v) is 13.7. The number of anilines is 2. The maximum Gasteiger partial charge on any atom is 0.224 e. The van der Waals surface area contributed by atoms with Gasteiger partial charge in [-0.05, 0) is 48.9 Å². The lowest BCUT2D eigenvalue weighted by Crippen LogP contribution is -2.14. The van der Waals surface area contributed by atoms with Gasteiger partial charge in [0.15, 0.2) is 0 Å². The van der Waals surface area contributed by atoms with E-state index in [9.17, 15) is 4.79 Å². The quantitative estimate of drug-likeness (QED) is 0.594. The van der Waals surface area contributed by atoms with E-state index in [-0.39, 0.29) is 5.91 Å². The fourth-order valence-electron chi connectivity index (χ4n) is 1.86. The van der Waals surface area contributed by atoms with Crippen molar-refractivity contribution in [3.8, 4) is 0 Å². The van der Waals surface area contributed by atoms with Gasteiger partial charge in [0.1, 0.15) is 0 Å². The van der Waals surface area contributed by atoms with Crippen LogP contribution >= 0.6 is 0 Å². The number of carbonyl (C=O) groups is 1. The summed E-state index contributed by atoms with van der Waals surface area (Å²) in [6.45, 7) is 9.89. The van der Waals surface area contributed by atoms with Crippen LogP contribution < -0.4 is 11.1 Å². The van der Waals surface area contributed by atoms with Gasteiger partial charge >= 0.3 is 0 Å². The predicted octanol–water partition coefficient (Wildman–Crippen LogP) is 3.75. The molecule has 0 heterocycles. The van der Waals surface area contributed by atoms with Gasteiger partial charge in [-0.1, -0.05) is 20.8 Å². The maximum absolute atomic E-state index is 11.8. The summed E-state index contributed by atoms with van der Waals surface area (Å²) in [5, 5.41) is 2.90. The number of aryl methyl sites for hydroxylation is 1. The van der Waals surface area contributed by atoms with E-state index in [4.69, 9.17) is 10.5 Å².